The summed E-state index contributed by atoms with van der Waals surface area (Å²) in [5, 5.41) is 3.38. The quantitative estimate of drug-likeness (QED) is 0.354. The molecule has 0 aliphatic carbocycles. The molecule has 3 aromatic carbocycles. The highest BCUT2D eigenvalue weighted by Gasteiger charge is 2.28. The number of aromatic nitrogens is 1. The molecule has 0 saturated carbocycles. The number of anilines is 2. The lowest BCUT2D eigenvalue weighted by Gasteiger charge is -2.06. The van der Waals surface area contributed by atoms with E-state index in [9.17, 15) is 8.42 Å². The Labute approximate surface area is 181 Å². The van der Waals surface area contributed by atoms with Crippen LogP contribution in [0, 0.1) is 0 Å². The maximum Gasteiger partial charge on any atom is 0.238 e. The SMILES string of the molecule is O=S(=O)(c1ccc(Br)cc1)c1nc(-c2ccccc2)oc1Nc1ccc(Cl)cc1. The monoisotopic (exact) mass is 488 g/mol. The van der Waals surface area contributed by atoms with Gasteiger partial charge in [0.15, 0.2) is 0 Å². The number of hydrogen-bond acceptors (Lipinski definition) is 5. The normalized spacial score (nSPS) is 11.4. The molecule has 0 bridgehead atoms. The van der Waals surface area contributed by atoms with E-state index < -0.39 is 9.84 Å². The molecule has 5 nitrogen and oxygen atoms in total. The van der Waals surface area contributed by atoms with E-state index >= 15 is 0 Å². The standard InChI is InChI=1S/C21H14BrClN2O3S/c22-15-6-12-18(13-7-15)29(26,27)21-20(24-17-10-8-16(23)9-11-17)28-19(25-21)14-4-2-1-3-5-14/h1-13,24H. The van der Waals surface area contributed by atoms with Crippen LogP contribution in [0.2, 0.25) is 5.02 Å². The van der Waals surface area contributed by atoms with Gasteiger partial charge in [0.1, 0.15) is 0 Å². The number of rotatable bonds is 5. The predicted molar refractivity (Wildman–Crippen MR) is 116 cm³/mol. The summed E-state index contributed by atoms with van der Waals surface area (Å²) in [4.78, 5) is 4.43. The fourth-order valence-corrected chi connectivity index (χ4v) is 4.31. The number of benzene rings is 3. The second-order valence-electron chi connectivity index (χ2n) is 6.11. The van der Waals surface area contributed by atoms with Crippen LogP contribution in [0.3, 0.4) is 0 Å². The number of oxazole rings is 1. The van der Waals surface area contributed by atoms with Crippen molar-refractivity contribution in [2.24, 2.45) is 0 Å². The van der Waals surface area contributed by atoms with Crippen LogP contribution in [0.5, 0.6) is 0 Å². The van der Waals surface area contributed by atoms with Gasteiger partial charge in [0.2, 0.25) is 26.6 Å². The van der Waals surface area contributed by atoms with Crippen LogP contribution in [-0.2, 0) is 9.84 Å². The third-order valence-electron chi connectivity index (χ3n) is 4.10. The Morgan fingerprint density at radius 1 is 0.897 bits per heavy atom. The van der Waals surface area contributed by atoms with Crippen LogP contribution in [0.15, 0.2) is 97.7 Å². The largest absolute Gasteiger partial charge is 0.419 e. The molecule has 1 N–H and O–H groups in total. The maximum atomic E-state index is 13.3. The summed E-state index contributed by atoms with van der Waals surface area (Å²) in [5.41, 5.74) is 1.29. The molecule has 0 aliphatic heterocycles. The third-order valence-corrected chi connectivity index (χ3v) is 6.56. The number of halogens is 2. The number of nitrogens with one attached hydrogen (secondary N) is 1. The Morgan fingerprint density at radius 3 is 2.21 bits per heavy atom. The van der Waals surface area contributed by atoms with Gasteiger partial charge >= 0.3 is 0 Å². The van der Waals surface area contributed by atoms with Crippen molar-refractivity contribution in [3.63, 3.8) is 0 Å². The molecule has 0 radical (unpaired) electrons. The first-order chi connectivity index (χ1) is 13.9. The van der Waals surface area contributed by atoms with Gasteiger partial charge in [-0.3, -0.25) is 0 Å². The predicted octanol–water partition coefficient (Wildman–Crippen LogP) is 6.33. The minimum atomic E-state index is -3.92. The molecule has 1 aromatic heterocycles. The fourth-order valence-electron chi connectivity index (χ4n) is 2.66. The van der Waals surface area contributed by atoms with Crippen LogP contribution in [0.25, 0.3) is 11.5 Å². The zero-order valence-electron chi connectivity index (χ0n) is 14.8. The van der Waals surface area contributed by atoms with Gasteiger partial charge in [-0.1, -0.05) is 45.7 Å². The smallest absolute Gasteiger partial charge is 0.238 e. The first-order valence-electron chi connectivity index (χ1n) is 8.53. The van der Waals surface area contributed by atoms with Crippen molar-refractivity contribution in [3.05, 3.63) is 88.4 Å². The van der Waals surface area contributed by atoms with Gasteiger partial charge in [0.25, 0.3) is 0 Å². The van der Waals surface area contributed by atoms with Gasteiger partial charge < -0.3 is 9.73 Å². The van der Waals surface area contributed by atoms with Crippen molar-refractivity contribution < 1.29 is 12.8 Å². The summed E-state index contributed by atoms with van der Waals surface area (Å²) in [6.45, 7) is 0. The Hall–Kier alpha value is -2.61. The van der Waals surface area contributed by atoms with Gasteiger partial charge in [-0.2, -0.15) is 4.98 Å². The summed E-state index contributed by atoms with van der Waals surface area (Å²) < 4.78 is 33.1. The highest BCUT2D eigenvalue weighted by Crippen LogP contribution is 2.34. The second-order valence-corrected chi connectivity index (χ2v) is 9.33. The van der Waals surface area contributed by atoms with Crippen molar-refractivity contribution in [2.45, 2.75) is 9.92 Å². The zero-order valence-corrected chi connectivity index (χ0v) is 18.0. The van der Waals surface area contributed by atoms with Crippen molar-refractivity contribution in [2.75, 3.05) is 5.32 Å². The van der Waals surface area contributed by atoms with Gasteiger partial charge in [-0.05, 0) is 60.7 Å². The minimum absolute atomic E-state index is 0.0362. The number of hydrogen-bond donors (Lipinski definition) is 1. The van der Waals surface area contributed by atoms with Crippen molar-refractivity contribution >= 4 is 48.9 Å². The summed E-state index contributed by atoms with van der Waals surface area (Å²) >= 11 is 9.25. The maximum absolute atomic E-state index is 13.3. The molecule has 0 fully saturated rings. The molecule has 0 unspecified atom stereocenters. The van der Waals surface area contributed by atoms with E-state index in [0.717, 1.165) is 4.47 Å². The summed E-state index contributed by atoms with van der Waals surface area (Å²) in [6, 6.07) is 22.3. The molecule has 0 saturated heterocycles. The molecule has 0 spiro atoms. The summed E-state index contributed by atoms with van der Waals surface area (Å²) in [6.07, 6.45) is 0. The molecule has 0 atom stereocenters. The molecule has 0 aliphatic rings. The van der Waals surface area contributed by atoms with Gasteiger partial charge in [0, 0.05) is 20.7 Å². The summed E-state index contributed by atoms with van der Waals surface area (Å²) in [7, 11) is -3.92. The average Bonchev–Trinajstić information content (AvgIpc) is 3.15. The van der Waals surface area contributed by atoms with E-state index in [-0.39, 0.29) is 21.7 Å². The third kappa shape index (κ3) is 4.22. The van der Waals surface area contributed by atoms with Crippen LogP contribution >= 0.6 is 27.5 Å². The molecule has 4 rings (SSSR count). The number of sulfone groups is 1. The molecule has 29 heavy (non-hydrogen) atoms. The lowest BCUT2D eigenvalue weighted by atomic mass is 10.2. The molecule has 8 heteroatoms. The van der Waals surface area contributed by atoms with Crippen LogP contribution < -0.4 is 5.32 Å². The Morgan fingerprint density at radius 2 is 1.55 bits per heavy atom. The Balaban J connectivity index is 1.83. The van der Waals surface area contributed by atoms with Crippen molar-refractivity contribution in [1.29, 1.82) is 0 Å². The van der Waals surface area contributed by atoms with Crippen molar-refractivity contribution in [1.82, 2.24) is 4.98 Å². The second kappa shape index (κ2) is 8.02. The lowest BCUT2D eigenvalue weighted by Crippen LogP contribution is -2.05. The van der Waals surface area contributed by atoms with Crippen molar-refractivity contribution in [3.8, 4) is 11.5 Å². The summed E-state index contributed by atoms with van der Waals surface area (Å²) in [5.74, 6) is 0.242. The minimum Gasteiger partial charge on any atom is -0.419 e. The van der Waals surface area contributed by atoms with E-state index in [1.54, 1.807) is 48.5 Å². The van der Waals surface area contributed by atoms with E-state index in [4.69, 9.17) is 16.0 Å². The molecular weight excluding hydrogens is 476 g/mol. The molecule has 0 amide bonds. The van der Waals surface area contributed by atoms with Crippen LogP contribution in [0.1, 0.15) is 0 Å². The van der Waals surface area contributed by atoms with Crippen LogP contribution in [0.4, 0.5) is 11.6 Å². The topological polar surface area (TPSA) is 72.2 Å². The van der Waals surface area contributed by atoms with Gasteiger partial charge in [-0.25, -0.2) is 8.42 Å². The van der Waals surface area contributed by atoms with E-state index in [1.165, 1.54) is 12.1 Å². The average molecular weight is 490 g/mol. The molecular formula is C21H14BrClN2O3S. The Kier molecular flexibility index (Phi) is 5.45. The van der Waals surface area contributed by atoms with Gasteiger partial charge in [0.05, 0.1) is 4.90 Å². The molecule has 4 aromatic rings. The highest BCUT2D eigenvalue weighted by atomic mass is 79.9. The van der Waals surface area contributed by atoms with Crippen LogP contribution in [-0.4, -0.2) is 13.4 Å². The zero-order chi connectivity index (χ0) is 20.4. The van der Waals surface area contributed by atoms with E-state index in [1.807, 2.05) is 18.2 Å². The molecule has 1 heterocycles. The Bertz CT molecular complexity index is 1240. The van der Waals surface area contributed by atoms with Gasteiger partial charge in [-0.15, -0.1) is 0 Å². The number of nitrogens with zero attached hydrogens (tertiary/aromatic N) is 1. The first-order valence-corrected chi connectivity index (χ1v) is 11.2. The first kappa shape index (κ1) is 19.7. The molecule has 146 valence electrons. The lowest BCUT2D eigenvalue weighted by molar-refractivity contribution is 0.582. The highest BCUT2D eigenvalue weighted by molar-refractivity contribution is 9.10. The van der Waals surface area contributed by atoms with E-state index in [0.29, 0.717) is 16.3 Å². The fraction of sp³-hybridized carbons (Fsp3) is 0. The van der Waals surface area contributed by atoms with E-state index in [2.05, 4.69) is 26.2 Å².